The Kier molecular flexibility index (Phi) is 4.24. The summed E-state index contributed by atoms with van der Waals surface area (Å²) in [6.45, 7) is 2.34. The van der Waals surface area contributed by atoms with Crippen LogP contribution in [0.3, 0.4) is 0 Å². The molecule has 0 aliphatic heterocycles. The van der Waals surface area contributed by atoms with Crippen molar-refractivity contribution in [2.24, 2.45) is 5.73 Å². The summed E-state index contributed by atoms with van der Waals surface area (Å²) < 4.78 is 0. The van der Waals surface area contributed by atoms with Gasteiger partial charge in [-0.3, -0.25) is 9.78 Å². The number of hydrogen-bond acceptors (Lipinski definition) is 3. The number of aromatic nitrogens is 1. The van der Waals surface area contributed by atoms with Gasteiger partial charge < -0.3 is 10.6 Å². The monoisotopic (exact) mass is 207 g/mol. The van der Waals surface area contributed by atoms with E-state index in [0.29, 0.717) is 6.54 Å². The summed E-state index contributed by atoms with van der Waals surface area (Å²) >= 11 is 0. The van der Waals surface area contributed by atoms with Crippen LogP contribution < -0.4 is 5.73 Å². The van der Waals surface area contributed by atoms with E-state index in [-0.39, 0.29) is 5.91 Å². The Morgan fingerprint density at radius 2 is 2.33 bits per heavy atom. The number of nitrogens with zero attached hydrogens (tertiary/aromatic N) is 2. The predicted octanol–water partition coefficient (Wildman–Crippen LogP) is 0.430. The van der Waals surface area contributed by atoms with E-state index in [0.717, 1.165) is 12.1 Å². The van der Waals surface area contributed by atoms with Crippen molar-refractivity contribution in [1.29, 1.82) is 0 Å². The molecule has 0 saturated heterocycles. The van der Waals surface area contributed by atoms with E-state index in [1.165, 1.54) is 0 Å². The molecule has 15 heavy (non-hydrogen) atoms. The third kappa shape index (κ3) is 3.67. The Bertz CT molecular complexity index is 311. The van der Waals surface area contributed by atoms with Crippen molar-refractivity contribution in [3.05, 3.63) is 30.1 Å². The predicted molar refractivity (Wildman–Crippen MR) is 59.2 cm³/mol. The number of hydrogen-bond donors (Lipinski definition) is 1. The second-order valence-electron chi connectivity index (χ2n) is 3.62. The first-order valence-electron chi connectivity index (χ1n) is 5.01. The zero-order chi connectivity index (χ0) is 11.3. The molecule has 0 saturated carbocycles. The minimum absolute atomic E-state index is 0.0362. The summed E-state index contributed by atoms with van der Waals surface area (Å²) in [5.74, 6) is -0.0362. The summed E-state index contributed by atoms with van der Waals surface area (Å²) in [6.07, 6.45) is 2.51. The molecule has 1 aromatic rings. The number of carbonyl (C=O) groups excluding carboxylic acids is 1. The molecule has 0 unspecified atom stereocenters. The Morgan fingerprint density at radius 3 is 2.87 bits per heavy atom. The maximum absolute atomic E-state index is 11.4. The van der Waals surface area contributed by atoms with Crippen LogP contribution in [-0.2, 0) is 11.2 Å². The lowest BCUT2D eigenvalue weighted by atomic mass is 10.2. The van der Waals surface area contributed by atoms with Crippen LogP contribution in [0.1, 0.15) is 12.6 Å². The largest absolute Gasteiger partial charge is 0.344 e. The van der Waals surface area contributed by atoms with Crippen LogP contribution >= 0.6 is 0 Å². The van der Waals surface area contributed by atoms with E-state index in [1.807, 2.05) is 18.2 Å². The third-order valence-corrected chi connectivity index (χ3v) is 2.20. The fraction of sp³-hybridized carbons (Fsp3) is 0.455. The Morgan fingerprint density at radius 1 is 1.60 bits per heavy atom. The van der Waals surface area contributed by atoms with E-state index >= 15 is 0 Å². The molecular weight excluding hydrogens is 190 g/mol. The molecule has 0 fully saturated rings. The third-order valence-electron chi connectivity index (χ3n) is 2.20. The van der Waals surface area contributed by atoms with Crippen LogP contribution in [0.15, 0.2) is 24.4 Å². The lowest BCUT2D eigenvalue weighted by molar-refractivity contribution is -0.130. The van der Waals surface area contributed by atoms with Gasteiger partial charge >= 0.3 is 0 Å². The maximum Gasteiger partial charge on any atom is 0.238 e. The second-order valence-corrected chi connectivity index (χ2v) is 3.62. The summed E-state index contributed by atoms with van der Waals surface area (Å²) in [7, 11) is 1.76. The lowest BCUT2D eigenvalue weighted by Crippen LogP contribution is -2.40. The minimum atomic E-state index is -0.432. The highest BCUT2D eigenvalue weighted by atomic mass is 16.2. The van der Waals surface area contributed by atoms with Crippen molar-refractivity contribution >= 4 is 5.91 Å². The van der Waals surface area contributed by atoms with E-state index in [2.05, 4.69) is 4.98 Å². The normalized spacial score (nSPS) is 12.2. The van der Waals surface area contributed by atoms with Gasteiger partial charge in [0.05, 0.1) is 6.04 Å². The molecule has 1 atom stereocenters. The van der Waals surface area contributed by atoms with Crippen LogP contribution in [-0.4, -0.2) is 35.4 Å². The number of carbonyl (C=O) groups is 1. The lowest BCUT2D eigenvalue weighted by Gasteiger charge is -2.18. The van der Waals surface area contributed by atoms with Gasteiger partial charge in [0.25, 0.3) is 0 Å². The van der Waals surface area contributed by atoms with E-state index in [4.69, 9.17) is 5.73 Å². The summed E-state index contributed by atoms with van der Waals surface area (Å²) in [4.78, 5) is 17.3. The SMILES string of the molecule is C[C@H](N)C(=O)N(C)CCc1ccccn1. The van der Waals surface area contributed by atoms with Gasteiger partial charge in [-0.2, -0.15) is 0 Å². The molecule has 1 aromatic heterocycles. The van der Waals surface area contributed by atoms with E-state index in [1.54, 1.807) is 25.1 Å². The standard InChI is InChI=1S/C11H17N3O/c1-9(12)11(15)14(2)8-6-10-5-3-4-7-13-10/h3-5,7,9H,6,8,12H2,1-2H3/t9-/m0/s1. The van der Waals surface area contributed by atoms with Crippen LogP contribution in [0.5, 0.6) is 0 Å². The van der Waals surface area contributed by atoms with Crippen molar-refractivity contribution in [3.63, 3.8) is 0 Å². The molecule has 2 N–H and O–H groups in total. The molecule has 1 amide bonds. The first-order valence-corrected chi connectivity index (χ1v) is 5.01. The number of pyridine rings is 1. The van der Waals surface area contributed by atoms with Gasteiger partial charge in [0.15, 0.2) is 0 Å². The molecule has 0 spiro atoms. The molecule has 0 aliphatic carbocycles. The molecule has 4 heteroatoms. The van der Waals surface area contributed by atoms with Gasteiger partial charge in [-0.1, -0.05) is 6.07 Å². The zero-order valence-corrected chi connectivity index (χ0v) is 9.18. The van der Waals surface area contributed by atoms with Crippen molar-refractivity contribution in [2.45, 2.75) is 19.4 Å². The van der Waals surface area contributed by atoms with Gasteiger partial charge in [0, 0.05) is 31.9 Å². The first-order chi connectivity index (χ1) is 7.11. The zero-order valence-electron chi connectivity index (χ0n) is 9.18. The fourth-order valence-corrected chi connectivity index (χ4v) is 1.29. The second kappa shape index (κ2) is 5.46. The average Bonchev–Trinajstić information content (AvgIpc) is 2.26. The maximum atomic E-state index is 11.4. The van der Waals surface area contributed by atoms with Gasteiger partial charge in [-0.25, -0.2) is 0 Å². The van der Waals surface area contributed by atoms with Crippen LogP contribution in [0.2, 0.25) is 0 Å². The number of amides is 1. The van der Waals surface area contributed by atoms with E-state index < -0.39 is 6.04 Å². The van der Waals surface area contributed by atoms with Crippen molar-refractivity contribution < 1.29 is 4.79 Å². The molecule has 0 bridgehead atoms. The molecular formula is C11H17N3O. The molecule has 0 radical (unpaired) electrons. The molecule has 0 aromatic carbocycles. The molecule has 4 nitrogen and oxygen atoms in total. The van der Waals surface area contributed by atoms with Gasteiger partial charge in [-0.05, 0) is 19.1 Å². The van der Waals surface area contributed by atoms with E-state index in [9.17, 15) is 4.79 Å². The Hall–Kier alpha value is -1.42. The highest BCUT2D eigenvalue weighted by molar-refractivity contribution is 5.80. The number of rotatable bonds is 4. The highest BCUT2D eigenvalue weighted by Gasteiger charge is 2.12. The quantitative estimate of drug-likeness (QED) is 0.779. The summed E-state index contributed by atoms with van der Waals surface area (Å²) in [6, 6.07) is 5.33. The highest BCUT2D eigenvalue weighted by Crippen LogP contribution is 1.97. The topological polar surface area (TPSA) is 59.2 Å². The summed E-state index contributed by atoms with van der Waals surface area (Å²) in [5, 5.41) is 0. The summed E-state index contributed by atoms with van der Waals surface area (Å²) in [5.41, 5.74) is 6.49. The smallest absolute Gasteiger partial charge is 0.238 e. The Balaban J connectivity index is 2.41. The van der Waals surface area contributed by atoms with Crippen LogP contribution in [0.25, 0.3) is 0 Å². The number of likely N-dealkylation sites (N-methyl/N-ethyl adjacent to an activating group) is 1. The van der Waals surface area contributed by atoms with Gasteiger partial charge in [0.2, 0.25) is 5.91 Å². The fourth-order valence-electron chi connectivity index (χ4n) is 1.29. The molecule has 0 aliphatic rings. The molecule has 82 valence electrons. The minimum Gasteiger partial charge on any atom is -0.344 e. The van der Waals surface area contributed by atoms with Gasteiger partial charge in [0.1, 0.15) is 0 Å². The van der Waals surface area contributed by atoms with Crippen molar-refractivity contribution in [1.82, 2.24) is 9.88 Å². The van der Waals surface area contributed by atoms with Crippen molar-refractivity contribution in [3.8, 4) is 0 Å². The Labute approximate surface area is 90.1 Å². The van der Waals surface area contributed by atoms with Crippen LogP contribution in [0.4, 0.5) is 0 Å². The van der Waals surface area contributed by atoms with Crippen molar-refractivity contribution in [2.75, 3.05) is 13.6 Å². The first kappa shape index (κ1) is 11.7. The van der Waals surface area contributed by atoms with Gasteiger partial charge in [-0.15, -0.1) is 0 Å². The van der Waals surface area contributed by atoms with Crippen LogP contribution in [0, 0.1) is 0 Å². The number of nitrogens with two attached hydrogens (primary N) is 1. The molecule has 1 heterocycles. The molecule has 1 rings (SSSR count). The average molecular weight is 207 g/mol.